The number of benzene rings is 1. The van der Waals surface area contributed by atoms with E-state index >= 15 is 0 Å². The Bertz CT molecular complexity index is 1000. The zero-order valence-corrected chi connectivity index (χ0v) is 19.8. The molecule has 4 heterocycles. The van der Waals surface area contributed by atoms with Crippen LogP contribution in [0.15, 0.2) is 41.0 Å². The molecule has 0 N–H and O–H groups in total. The number of fused-ring (bicyclic) bond motifs is 1. The van der Waals surface area contributed by atoms with Crippen LogP contribution >= 0.6 is 0 Å². The molecule has 5 rings (SSSR count). The summed E-state index contributed by atoms with van der Waals surface area (Å²) in [5.41, 5.74) is 3.23. The third-order valence-electron chi connectivity index (χ3n) is 7.86. The van der Waals surface area contributed by atoms with E-state index in [1.807, 2.05) is 9.80 Å². The van der Waals surface area contributed by atoms with Gasteiger partial charge in [0.2, 0.25) is 5.91 Å². The second-order valence-electron chi connectivity index (χ2n) is 10.1. The van der Waals surface area contributed by atoms with E-state index in [9.17, 15) is 9.59 Å². The quantitative estimate of drug-likeness (QED) is 0.697. The van der Waals surface area contributed by atoms with Crippen LogP contribution in [0.25, 0.3) is 0 Å². The van der Waals surface area contributed by atoms with Crippen molar-refractivity contribution in [3.63, 3.8) is 0 Å². The molecule has 0 radical (unpaired) electrons. The molecule has 0 bridgehead atoms. The predicted molar refractivity (Wildman–Crippen MR) is 128 cm³/mol. The van der Waals surface area contributed by atoms with Crippen molar-refractivity contribution < 1.29 is 14.0 Å². The van der Waals surface area contributed by atoms with Gasteiger partial charge in [0.1, 0.15) is 5.76 Å². The summed E-state index contributed by atoms with van der Waals surface area (Å²) in [7, 11) is 0. The first-order valence-corrected chi connectivity index (χ1v) is 12.5. The van der Waals surface area contributed by atoms with Crippen LogP contribution in [-0.2, 0) is 17.8 Å². The molecule has 176 valence electrons. The molecule has 1 atom stereocenters. The van der Waals surface area contributed by atoms with Gasteiger partial charge >= 0.3 is 0 Å². The van der Waals surface area contributed by atoms with Crippen molar-refractivity contribution in [3.05, 3.63) is 53.5 Å². The maximum Gasteiger partial charge on any atom is 0.257 e. The van der Waals surface area contributed by atoms with E-state index in [0.717, 1.165) is 56.9 Å². The first-order chi connectivity index (χ1) is 16.0. The van der Waals surface area contributed by atoms with Crippen molar-refractivity contribution >= 4 is 17.5 Å². The lowest BCUT2D eigenvalue weighted by atomic mass is 9.92. The van der Waals surface area contributed by atoms with Gasteiger partial charge in [0, 0.05) is 43.8 Å². The summed E-state index contributed by atoms with van der Waals surface area (Å²) >= 11 is 0. The molecule has 33 heavy (non-hydrogen) atoms. The maximum atomic E-state index is 13.3. The van der Waals surface area contributed by atoms with E-state index in [0.29, 0.717) is 37.1 Å². The van der Waals surface area contributed by atoms with E-state index in [1.54, 1.807) is 12.3 Å². The number of hydrogen-bond acceptors (Lipinski definition) is 4. The zero-order chi connectivity index (χ0) is 22.9. The lowest BCUT2D eigenvalue weighted by Gasteiger charge is -2.36. The summed E-state index contributed by atoms with van der Waals surface area (Å²) in [4.78, 5) is 32.6. The second kappa shape index (κ2) is 9.24. The molecule has 1 unspecified atom stereocenters. The molecular weight excluding hydrogens is 414 g/mol. The van der Waals surface area contributed by atoms with Gasteiger partial charge in [-0.25, -0.2) is 0 Å². The molecule has 3 aliphatic rings. The smallest absolute Gasteiger partial charge is 0.257 e. The SMILES string of the molecule is CC1CCN(C(=O)C2CCN(C(=O)c3ccoc3CN3c4ccccc4CC3C)CC2)CC1. The largest absolute Gasteiger partial charge is 0.467 e. The number of para-hydroxylation sites is 1. The average Bonchev–Trinajstić information content (AvgIpc) is 3.43. The standard InChI is InChI=1S/C27H35N3O3/c1-19-7-12-28(13-8-19)26(31)21-9-14-29(15-10-21)27(32)23-11-16-33-25(23)18-30-20(2)17-22-5-3-4-6-24(22)30/h3-6,11,16,19-21H,7-10,12-15,17-18H2,1-2H3. The summed E-state index contributed by atoms with van der Waals surface area (Å²) in [6.45, 7) is 8.11. The van der Waals surface area contributed by atoms with Crippen LogP contribution in [0.3, 0.4) is 0 Å². The van der Waals surface area contributed by atoms with Crippen molar-refractivity contribution in [1.82, 2.24) is 9.80 Å². The van der Waals surface area contributed by atoms with Gasteiger partial charge in [-0.15, -0.1) is 0 Å². The summed E-state index contributed by atoms with van der Waals surface area (Å²) < 4.78 is 5.80. The highest BCUT2D eigenvalue weighted by Crippen LogP contribution is 2.34. The number of nitrogens with zero attached hydrogens (tertiary/aromatic N) is 3. The van der Waals surface area contributed by atoms with Crippen LogP contribution in [0.5, 0.6) is 0 Å². The Kier molecular flexibility index (Phi) is 6.17. The highest BCUT2D eigenvalue weighted by Gasteiger charge is 2.33. The summed E-state index contributed by atoms with van der Waals surface area (Å²) in [5, 5.41) is 0. The Labute approximate surface area is 196 Å². The second-order valence-corrected chi connectivity index (χ2v) is 10.1. The van der Waals surface area contributed by atoms with Crippen LogP contribution < -0.4 is 4.90 Å². The van der Waals surface area contributed by atoms with Gasteiger partial charge in [-0.3, -0.25) is 9.59 Å². The van der Waals surface area contributed by atoms with Crippen LogP contribution in [-0.4, -0.2) is 53.8 Å². The highest BCUT2D eigenvalue weighted by molar-refractivity contribution is 5.95. The molecule has 0 aliphatic carbocycles. The molecule has 2 fully saturated rings. The van der Waals surface area contributed by atoms with Gasteiger partial charge in [-0.05, 0) is 62.6 Å². The van der Waals surface area contributed by atoms with Crippen molar-refractivity contribution in [1.29, 1.82) is 0 Å². The molecule has 1 aromatic carbocycles. The summed E-state index contributed by atoms with van der Waals surface area (Å²) in [6, 6.07) is 10.6. The normalized spacial score (nSPS) is 22.0. The third kappa shape index (κ3) is 4.40. The number of piperidine rings is 2. The molecule has 0 spiro atoms. The molecule has 3 aliphatic heterocycles. The molecular formula is C27H35N3O3. The number of furan rings is 1. The van der Waals surface area contributed by atoms with Crippen molar-refractivity contribution in [2.75, 3.05) is 31.1 Å². The molecule has 6 heteroatoms. The number of carbonyl (C=O) groups is 2. The van der Waals surface area contributed by atoms with Gasteiger partial charge in [0.25, 0.3) is 5.91 Å². The minimum Gasteiger partial charge on any atom is -0.467 e. The topological polar surface area (TPSA) is 57.0 Å². The summed E-state index contributed by atoms with van der Waals surface area (Å²) in [5.74, 6) is 1.81. The van der Waals surface area contributed by atoms with E-state index < -0.39 is 0 Å². The number of carbonyl (C=O) groups excluding carboxylic acids is 2. The number of rotatable bonds is 4. The van der Waals surface area contributed by atoms with E-state index in [1.165, 1.54) is 11.3 Å². The Morgan fingerprint density at radius 1 is 0.939 bits per heavy atom. The highest BCUT2D eigenvalue weighted by atomic mass is 16.3. The van der Waals surface area contributed by atoms with Crippen LogP contribution in [0.1, 0.15) is 61.2 Å². The Hall–Kier alpha value is -2.76. The molecule has 2 saturated heterocycles. The van der Waals surface area contributed by atoms with Gasteiger partial charge in [0.05, 0.1) is 18.4 Å². The van der Waals surface area contributed by atoms with Gasteiger partial charge in [-0.2, -0.15) is 0 Å². The zero-order valence-electron chi connectivity index (χ0n) is 19.8. The number of hydrogen-bond donors (Lipinski definition) is 0. The van der Waals surface area contributed by atoms with Crippen LogP contribution in [0.4, 0.5) is 5.69 Å². The lowest BCUT2D eigenvalue weighted by molar-refractivity contribution is -0.138. The van der Waals surface area contributed by atoms with Gasteiger partial charge in [-0.1, -0.05) is 25.1 Å². The fourth-order valence-electron chi connectivity index (χ4n) is 5.67. The van der Waals surface area contributed by atoms with Gasteiger partial charge in [0.15, 0.2) is 0 Å². The maximum absolute atomic E-state index is 13.3. The molecule has 6 nitrogen and oxygen atoms in total. The Morgan fingerprint density at radius 2 is 1.64 bits per heavy atom. The van der Waals surface area contributed by atoms with Crippen LogP contribution in [0.2, 0.25) is 0 Å². The number of likely N-dealkylation sites (tertiary alicyclic amines) is 2. The molecule has 2 aromatic rings. The lowest BCUT2D eigenvalue weighted by Crippen LogP contribution is -2.46. The van der Waals surface area contributed by atoms with E-state index in [4.69, 9.17) is 4.42 Å². The van der Waals surface area contributed by atoms with Crippen LogP contribution in [0, 0.1) is 11.8 Å². The third-order valence-corrected chi connectivity index (χ3v) is 7.86. The minimum absolute atomic E-state index is 0.0246. The minimum atomic E-state index is 0.0246. The first kappa shape index (κ1) is 22.1. The molecule has 2 amide bonds. The first-order valence-electron chi connectivity index (χ1n) is 12.5. The number of amides is 2. The molecule has 1 aromatic heterocycles. The van der Waals surface area contributed by atoms with Crippen molar-refractivity contribution in [2.45, 2.75) is 58.5 Å². The predicted octanol–water partition coefficient (Wildman–Crippen LogP) is 4.34. The summed E-state index contributed by atoms with van der Waals surface area (Å²) in [6.07, 6.45) is 6.35. The van der Waals surface area contributed by atoms with E-state index in [-0.39, 0.29) is 11.8 Å². The van der Waals surface area contributed by atoms with Gasteiger partial charge < -0.3 is 19.1 Å². The Morgan fingerprint density at radius 3 is 2.39 bits per heavy atom. The number of anilines is 1. The van der Waals surface area contributed by atoms with Crippen molar-refractivity contribution in [3.8, 4) is 0 Å². The Balaban J connectivity index is 1.21. The monoisotopic (exact) mass is 449 g/mol. The fraction of sp³-hybridized carbons (Fsp3) is 0.556. The molecule has 0 saturated carbocycles. The van der Waals surface area contributed by atoms with Crippen molar-refractivity contribution in [2.24, 2.45) is 11.8 Å². The van der Waals surface area contributed by atoms with E-state index in [2.05, 4.69) is 43.0 Å². The average molecular weight is 450 g/mol. The fourth-order valence-corrected chi connectivity index (χ4v) is 5.67.